The molecule has 0 saturated carbocycles. The molecule has 4 aromatic rings. The van der Waals surface area contributed by atoms with E-state index >= 15 is 0 Å². The van der Waals surface area contributed by atoms with E-state index in [9.17, 15) is 17.6 Å². The number of nitrogens with one attached hydrogen (secondary N) is 2. The number of aromatic nitrogens is 2. The Kier molecular flexibility index (Phi) is 6.14. The molecule has 0 unspecified atom stereocenters. The van der Waals surface area contributed by atoms with Crippen LogP contribution >= 0.6 is 0 Å². The van der Waals surface area contributed by atoms with Crippen LogP contribution in [-0.2, 0) is 15.4 Å². The molecular weight excluding hydrogens is 469 g/mol. The first-order valence-corrected chi connectivity index (χ1v) is 12.7. The number of hydrogen-bond acceptors (Lipinski definition) is 5. The number of nitrogens with zero attached hydrogens (tertiary/aromatic N) is 1. The van der Waals surface area contributed by atoms with Crippen molar-refractivity contribution in [3.63, 3.8) is 0 Å². The standard InChI is InChI=1S/C26H26FN3O4S/c1-26(2,3)20-13-18(17-7-6-10-28-25(17)31)23-19(24(20)34-4)11-16(14-29-23)15-8-9-22(21(27)12-15)30-35(5,32)33/h6-14,30H,1-5H3,(H,28,31). The van der Waals surface area contributed by atoms with Gasteiger partial charge in [-0.3, -0.25) is 14.5 Å². The van der Waals surface area contributed by atoms with E-state index in [1.165, 1.54) is 12.1 Å². The SMILES string of the molecule is COc1c(C(C)(C)C)cc(-c2ccc[nH]c2=O)c2ncc(-c3ccc(NS(C)(=O)=O)c(F)c3)cc12. The van der Waals surface area contributed by atoms with Crippen molar-refractivity contribution < 1.29 is 17.5 Å². The quantitative estimate of drug-likeness (QED) is 0.402. The topological polar surface area (TPSA) is 101 Å². The summed E-state index contributed by atoms with van der Waals surface area (Å²) < 4.78 is 45.6. The fourth-order valence-corrected chi connectivity index (χ4v) is 4.59. The van der Waals surface area contributed by atoms with Gasteiger partial charge in [0.25, 0.3) is 5.56 Å². The molecule has 0 amide bonds. The Labute approximate surface area is 203 Å². The van der Waals surface area contributed by atoms with E-state index in [1.54, 1.807) is 37.7 Å². The van der Waals surface area contributed by atoms with Crippen molar-refractivity contribution in [3.8, 4) is 28.0 Å². The molecule has 0 aliphatic rings. The summed E-state index contributed by atoms with van der Waals surface area (Å²) in [7, 11) is -2.04. The molecule has 0 saturated heterocycles. The minimum Gasteiger partial charge on any atom is -0.496 e. The highest BCUT2D eigenvalue weighted by Crippen LogP contribution is 2.42. The number of fused-ring (bicyclic) bond motifs is 1. The molecule has 0 spiro atoms. The Morgan fingerprint density at radius 1 is 1.06 bits per heavy atom. The van der Waals surface area contributed by atoms with Gasteiger partial charge in [-0.15, -0.1) is 0 Å². The number of methoxy groups -OCH3 is 1. The van der Waals surface area contributed by atoms with E-state index in [2.05, 4.69) is 35.5 Å². The zero-order valence-electron chi connectivity index (χ0n) is 20.1. The molecule has 2 aromatic heterocycles. The molecule has 2 N–H and O–H groups in total. The summed E-state index contributed by atoms with van der Waals surface area (Å²) in [5, 5.41) is 0.675. The second-order valence-corrected chi connectivity index (χ2v) is 11.1. The van der Waals surface area contributed by atoms with Crippen molar-refractivity contribution in [2.45, 2.75) is 26.2 Å². The maximum Gasteiger partial charge on any atom is 0.255 e. The van der Waals surface area contributed by atoms with Gasteiger partial charge in [0.15, 0.2) is 0 Å². The van der Waals surface area contributed by atoms with Gasteiger partial charge in [0, 0.05) is 40.0 Å². The van der Waals surface area contributed by atoms with E-state index in [0.717, 1.165) is 11.8 Å². The highest BCUT2D eigenvalue weighted by Gasteiger charge is 2.25. The molecule has 9 heteroatoms. The summed E-state index contributed by atoms with van der Waals surface area (Å²) in [5.41, 5.74) is 3.05. The van der Waals surface area contributed by atoms with Crippen LogP contribution in [0.2, 0.25) is 0 Å². The number of anilines is 1. The van der Waals surface area contributed by atoms with Crippen LogP contribution in [0.3, 0.4) is 0 Å². The van der Waals surface area contributed by atoms with Gasteiger partial charge in [-0.1, -0.05) is 26.8 Å². The van der Waals surface area contributed by atoms with E-state index < -0.39 is 15.8 Å². The van der Waals surface area contributed by atoms with Crippen molar-refractivity contribution in [1.29, 1.82) is 0 Å². The molecule has 0 bridgehead atoms. The molecule has 0 fully saturated rings. The molecule has 7 nitrogen and oxygen atoms in total. The maximum atomic E-state index is 14.7. The van der Waals surface area contributed by atoms with E-state index in [0.29, 0.717) is 38.9 Å². The molecule has 2 aromatic carbocycles. The van der Waals surface area contributed by atoms with Gasteiger partial charge in [0.1, 0.15) is 11.6 Å². The van der Waals surface area contributed by atoms with Gasteiger partial charge >= 0.3 is 0 Å². The minimum atomic E-state index is -3.62. The lowest BCUT2D eigenvalue weighted by Crippen LogP contribution is -2.15. The molecule has 0 aliphatic heterocycles. The molecule has 0 radical (unpaired) electrons. The molecule has 0 aliphatic carbocycles. The highest BCUT2D eigenvalue weighted by atomic mass is 32.2. The summed E-state index contributed by atoms with van der Waals surface area (Å²) >= 11 is 0. The largest absolute Gasteiger partial charge is 0.496 e. The second-order valence-electron chi connectivity index (χ2n) is 9.36. The first kappa shape index (κ1) is 24.4. The van der Waals surface area contributed by atoms with E-state index in [-0.39, 0.29) is 16.7 Å². The number of ether oxygens (including phenoxy) is 1. The summed E-state index contributed by atoms with van der Waals surface area (Å²) in [5.74, 6) is -0.0891. The van der Waals surface area contributed by atoms with Gasteiger partial charge in [0.05, 0.1) is 24.6 Å². The molecule has 2 heterocycles. The number of hydrogen-bond donors (Lipinski definition) is 2. The van der Waals surface area contributed by atoms with Crippen LogP contribution in [0.15, 0.2) is 59.7 Å². The van der Waals surface area contributed by atoms with Crippen LogP contribution in [-0.4, -0.2) is 31.8 Å². The first-order valence-electron chi connectivity index (χ1n) is 10.9. The van der Waals surface area contributed by atoms with Crippen molar-refractivity contribution in [2.75, 3.05) is 18.1 Å². The molecule has 182 valence electrons. The number of sulfonamides is 1. The molecular formula is C26H26FN3O4S. The number of benzene rings is 2. The van der Waals surface area contributed by atoms with Gasteiger partial charge in [-0.2, -0.15) is 0 Å². The van der Waals surface area contributed by atoms with E-state index in [1.807, 2.05) is 12.1 Å². The fourth-order valence-electron chi connectivity index (χ4n) is 4.03. The van der Waals surface area contributed by atoms with Crippen LogP contribution < -0.4 is 15.0 Å². The predicted molar refractivity (Wildman–Crippen MR) is 137 cm³/mol. The van der Waals surface area contributed by atoms with Crippen LogP contribution in [0.4, 0.5) is 10.1 Å². The van der Waals surface area contributed by atoms with E-state index in [4.69, 9.17) is 4.74 Å². The number of rotatable bonds is 5. The van der Waals surface area contributed by atoms with Crippen LogP contribution in [0.1, 0.15) is 26.3 Å². The van der Waals surface area contributed by atoms with Crippen LogP contribution in [0.25, 0.3) is 33.2 Å². The van der Waals surface area contributed by atoms with Crippen molar-refractivity contribution in [2.24, 2.45) is 0 Å². The highest BCUT2D eigenvalue weighted by molar-refractivity contribution is 7.92. The summed E-state index contributed by atoms with van der Waals surface area (Å²) in [6, 6.07) is 11.5. The zero-order chi connectivity index (χ0) is 25.5. The van der Waals surface area contributed by atoms with Crippen molar-refractivity contribution in [3.05, 3.63) is 76.6 Å². The maximum absolute atomic E-state index is 14.7. The minimum absolute atomic E-state index is 0.136. The third-order valence-corrected chi connectivity index (χ3v) is 6.23. The zero-order valence-corrected chi connectivity index (χ0v) is 20.9. The number of aromatic amines is 1. The summed E-state index contributed by atoms with van der Waals surface area (Å²) in [6.45, 7) is 6.15. The van der Waals surface area contributed by atoms with Crippen molar-refractivity contribution >= 4 is 26.6 Å². The predicted octanol–water partition coefficient (Wildman–Crippen LogP) is 5.07. The van der Waals surface area contributed by atoms with Gasteiger partial charge in [0.2, 0.25) is 10.0 Å². The third kappa shape index (κ3) is 4.90. The summed E-state index contributed by atoms with van der Waals surface area (Å²) in [4.78, 5) is 20.0. The first-order chi connectivity index (χ1) is 16.4. The lowest BCUT2D eigenvalue weighted by atomic mass is 9.83. The Balaban J connectivity index is 1.98. The van der Waals surface area contributed by atoms with Gasteiger partial charge < -0.3 is 9.72 Å². The average molecular weight is 496 g/mol. The lowest BCUT2D eigenvalue weighted by Gasteiger charge is -2.25. The van der Waals surface area contributed by atoms with Crippen molar-refractivity contribution in [1.82, 2.24) is 9.97 Å². The Morgan fingerprint density at radius 3 is 2.40 bits per heavy atom. The lowest BCUT2D eigenvalue weighted by molar-refractivity contribution is 0.402. The number of H-pyrrole nitrogens is 1. The normalized spacial score (nSPS) is 12.1. The number of halogens is 1. The van der Waals surface area contributed by atoms with Crippen LogP contribution in [0, 0.1) is 5.82 Å². The Hall–Kier alpha value is -3.72. The Morgan fingerprint density at radius 2 is 1.80 bits per heavy atom. The molecule has 35 heavy (non-hydrogen) atoms. The number of pyridine rings is 2. The van der Waals surface area contributed by atoms with Gasteiger partial charge in [-0.25, -0.2) is 12.8 Å². The smallest absolute Gasteiger partial charge is 0.255 e. The van der Waals surface area contributed by atoms with Gasteiger partial charge in [-0.05, 0) is 47.4 Å². The fraction of sp³-hybridized carbons (Fsp3) is 0.231. The second kappa shape index (κ2) is 8.81. The average Bonchev–Trinajstić information content (AvgIpc) is 2.78. The third-order valence-electron chi connectivity index (χ3n) is 5.64. The Bertz CT molecular complexity index is 1610. The summed E-state index contributed by atoms with van der Waals surface area (Å²) in [6.07, 6.45) is 4.13. The molecule has 4 rings (SSSR count). The molecule has 0 atom stereocenters. The van der Waals surface area contributed by atoms with Crippen LogP contribution in [0.5, 0.6) is 5.75 Å². The monoisotopic (exact) mass is 495 g/mol.